The van der Waals surface area contributed by atoms with E-state index >= 15 is 0 Å². The van der Waals surface area contributed by atoms with E-state index in [1.165, 1.54) is 5.56 Å². The number of aromatic nitrogens is 2. The fourth-order valence-electron chi connectivity index (χ4n) is 3.21. The molecular formula is C19H22BrN3O. The van der Waals surface area contributed by atoms with Gasteiger partial charge in [-0.1, -0.05) is 41.9 Å². The van der Waals surface area contributed by atoms with E-state index in [0.29, 0.717) is 11.6 Å². The first-order chi connectivity index (χ1) is 11.5. The molecule has 1 amide bonds. The van der Waals surface area contributed by atoms with Gasteiger partial charge in [0.15, 0.2) is 0 Å². The second kappa shape index (κ2) is 7.01. The van der Waals surface area contributed by atoms with Gasteiger partial charge in [0, 0.05) is 35.1 Å². The first-order valence-electron chi connectivity index (χ1n) is 8.35. The number of benzene rings is 1. The molecule has 0 aliphatic carbocycles. The number of carbonyl (C=O) groups is 1. The first-order valence-corrected chi connectivity index (χ1v) is 9.14. The number of hydrogen-bond acceptors (Lipinski definition) is 3. The lowest BCUT2D eigenvalue weighted by Gasteiger charge is -2.21. The second-order valence-electron chi connectivity index (χ2n) is 6.75. The van der Waals surface area contributed by atoms with Crippen molar-refractivity contribution in [3.05, 3.63) is 58.1 Å². The smallest absolute Gasteiger partial charge is 0.272 e. The third-order valence-corrected chi connectivity index (χ3v) is 5.12. The summed E-state index contributed by atoms with van der Waals surface area (Å²) in [6, 6.07) is 10.3. The summed E-state index contributed by atoms with van der Waals surface area (Å²) in [7, 11) is 0. The Hall–Kier alpha value is -1.75. The zero-order valence-electron chi connectivity index (χ0n) is 14.2. The van der Waals surface area contributed by atoms with Gasteiger partial charge >= 0.3 is 0 Å². The molecule has 1 fully saturated rings. The Bertz CT molecular complexity index is 730. The summed E-state index contributed by atoms with van der Waals surface area (Å²) < 4.78 is 1.08. The number of nitrogens with zero attached hydrogens (tertiary/aromatic N) is 3. The summed E-state index contributed by atoms with van der Waals surface area (Å²) in [6.07, 6.45) is 2.66. The largest absolute Gasteiger partial charge is 0.334 e. The van der Waals surface area contributed by atoms with Crippen LogP contribution in [0.1, 0.15) is 60.9 Å². The predicted octanol–water partition coefficient (Wildman–Crippen LogP) is 4.38. The normalized spacial score (nSPS) is 20.6. The van der Waals surface area contributed by atoms with Gasteiger partial charge < -0.3 is 4.90 Å². The molecule has 1 aromatic carbocycles. The third kappa shape index (κ3) is 3.51. The molecule has 126 valence electrons. The van der Waals surface area contributed by atoms with Gasteiger partial charge in [0.05, 0.1) is 0 Å². The molecule has 2 aromatic rings. The molecule has 0 saturated carbocycles. The summed E-state index contributed by atoms with van der Waals surface area (Å²) in [5, 5.41) is 0. The highest BCUT2D eigenvalue weighted by atomic mass is 79.9. The topological polar surface area (TPSA) is 46.1 Å². The maximum Gasteiger partial charge on any atom is 0.272 e. The van der Waals surface area contributed by atoms with Crippen LogP contribution >= 0.6 is 15.9 Å². The Morgan fingerprint density at radius 1 is 1.25 bits per heavy atom. The predicted molar refractivity (Wildman–Crippen MR) is 98.1 cm³/mol. The van der Waals surface area contributed by atoms with Gasteiger partial charge in [-0.05, 0) is 37.1 Å². The Balaban J connectivity index is 1.78. The van der Waals surface area contributed by atoms with E-state index in [1.54, 1.807) is 12.3 Å². The van der Waals surface area contributed by atoms with Crippen LogP contribution in [0.4, 0.5) is 0 Å². The van der Waals surface area contributed by atoms with E-state index < -0.39 is 0 Å². The van der Waals surface area contributed by atoms with Crippen molar-refractivity contribution in [2.75, 3.05) is 6.54 Å². The van der Waals surface area contributed by atoms with Crippen LogP contribution in [-0.4, -0.2) is 33.4 Å². The number of likely N-dealkylation sites (tertiary alicyclic amines) is 1. The minimum Gasteiger partial charge on any atom is -0.334 e. The summed E-state index contributed by atoms with van der Waals surface area (Å²) >= 11 is 3.47. The van der Waals surface area contributed by atoms with Crippen molar-refractivity contribution in [1.82, 2.24) is 14.9 Å². The molecule has 3 rings (SSSR count). The summed E-state index contributed by atoms with van der Waals surface area (Å²) in [6.45, 7) is 6.92. The van der Waals surface area contributed by atoms with Crippen LogP contribution in [0.5, 0.6) is 0 Å². The average Bonchev–Trinajstić information content (AvgIpc) is 2.96. The van der Waals surface area contributed by atoms with E-state index in [0.717, 1.165) is 23.3 Å². The highest BCUT2D eigenvalue weighted by Gasteiger charge is 2.34. The molecule has 5 heteroatoms. The van der Waals surface area contributed by atoms with E-state index in [-0.39, 0.29) is 17.9 Å². The van der Waals surface area contributed by atoms with Crippen molar-refractivity contribution in [2.45, 2.75) is 45.1 Å². The molecule has 1 aliphatic heterocycles. The standard InChI is InChI=1S/C19H22BrN3O/c1-12(2)18-21-9-8-17(22-18)19(24)23-11-15(10-13(23)3)14-4-6-16(20)7-5-14/h4-9,12-13,15H,10-11H2,1-3H3. The molecule has 4 nitrogen and oxygen atoms in total. The fraction of sp³-hybridized carbons (Fsp3) is 0.421. The van der Waals surface area contributed by atoms with Crippen molar-refractivity contribution in [3.8, 4) is 0 Å². The lowest BCUT2D eigenvalue weighted by atomic mass is 9.97. The Labute approximate surface area is 151 Å². The minimum atomic E-state index is 0.00594. The summed E-state index contributed by atoms with van der Waals surface area (Å²) in [5.74, 6) is 1.32. The SMILES string of the molecule is CC(C)c1nccc(C(=O)N2CC(c3ccc(Br)cc3)CC2C)n1. The molecule has 2 heterocycles. The molecule has 0 radical (unpaired) electrons. The van der Waals surface area contributed by atoms with Gasteiger partial charge in [-0.15, -0.1) is 0 Å². The maximum absolute atomic E-state index is 12.9. The molecule has 2 unspecified atom stereocenters. The molecule has 1 aliphatic rings. The monoisotopic (exact) mass is 387 g/mol. The van der Waals surface area contributed by atoms with Crippen LogP contribution in [-0.2, 0) is 0 Å². The van der Waals surface area contributed by atoms with Gasteiger partial charge in [-0.25, -0.2) is 9.97 Å². The maximum atomic E-state index is 12.9. The first kappa shape index (κ1) is 17.1. The highest BCUT2D eigenvalue weighted by molar-refractivity contribution is 9.10. The van der Waals surface area contributed by atoms with Crippen LogP contribution < -0.4 is 0 Å². The van der Waals surface area contributed by atoms with Gasteiger partial charge in [0.25, 0.3) is 5.91 Å². The van der Waals surface area contributed by atoms with Gasteiger partial charge in [0.1, 0.15) is 11.5 Å². The molecule has 0 spiro atoms. The van der Waals surface area contributed by atoms with Crippen molar-refractivity contribution in [1.29, 1.82) is 0 Å². The second-order valence-corrected chi connectivity index (χ2v) is 7.66. The number of hydrogen-bond donors (Lipinski definition) is 0. The minimum absolute atomic E-state index is 0.00594. The lowest BCUT2D eigenvalue weighted by molar-refractivity contribution is 0.0739. The quantitative estimate of drug-likeness (QED) is 0.784. The van der Waals surface area contributed by atoms with E-state index in [9.17, 15) is 4.79 Å². The fourth-order valence-corrected chi connectivity index (χ4v) is 3.47. The van der Waals surface area contributed by atoms with Crippen LogP contribution in [0.25, 0.3) is 0 Å². The van der Waals surface area contributed by atoms with Crippen LogP contribution in [0.3, 0.4) is 0 Å². The molecule has 2 atom stereocenters. The van der Waals surface area contributed by atoms with Crippen LogP contribution in [0.2, 0.25) is 0 Å². The molecule has 0 bridgehead atoms. The Kier molecular flexibility index (Phi) is 4.99. The van der Waals surface area contributed by atoms with E-state index in [1.807, 2.05) is 18.7 Å². The number of halogens is 1. The zero-order valence-corrected chi connectivity index (χ0v) is 15.8. The summed E-state index contributed by atoms with van der Waals surface area (Å²) in [5.41, 5.74) is 1.78. The molecule has 24 heavy (non-hydrogen) atoms. The van der Waals surface area contributed by atoms with Gasteiger partial charge in [0.2, 0.25) is 0 Å². The zero-order chi connectivity index (χ0) is 17.3. The molecular weight excluding hydrogens is 366 g/mol. The van der Waals surface area contributed by atoms with Crippen molar-refractivity contribution < 1.29 is 4.79 Å². The van der Waals surface area contributed by atoms with Crippen molar-refractivity contribution in [3.63, 3.8) is 0 Å². The Morgan fingerprint density at radius 2 is 1.96 bits per heavy atom. The highest BCUT2D eigenvalue weighted by Crippen LogP contribution is 2.33. The van der Waals surface area contributed by atoms with Crippen molar-refractivity contribution in [2.24, 2.45) is 0 Å². The van der Waals surface area contributed by atoms with Crippen molar-refractivity contribution >= 4 is 21.8 Å². The van der Waals surface area contributed by atoms with Gasteiger partial charge in [-0.3, -0.25) is 4.79 Å². The average molecular weight is 388 g/mol. The third-order valence-electron chi connectivity index (χ3n) is 4.59. The lowest BCUT2D eigenvalue weighted by Crippen LogP contribution is -2.34. The Morgan fingerprint density at radius 3 is 2.62 bits per heavy atom. The number of rotatable bonds is 3. The van der Waals surface area contributed by atoms with Gasteiger partial charge in [-0.2, -0.15) is 0 Å². The molecule has 0 N–H and O–H groups in total. The van der Waals surface area contributed by atoms with Crippen LogP contribution in [0, 0.1) is 0 Å². The van der Waals surface area contributed by atoms with E-state index in [2.05, 4.69) is 57.1 Å². The van der Waals surface area contributed by atoms with Crippen LogP contribution in [0.15, 0.2) is 41.0 Å². The summed E-state index contributed by atoms with van der Waals surface area (Å²) in [4.78, 5) is 23.5. The molecule has 1 aromatic heterocycles. The van der Waals surface area contributed by atoms with E-state index in [4.69, 9.17) is 0 Å². The number of amides is 1. The molecule has 1 saturated heterocycles. The number of carbonyl (C=O) groups excluding carboxylic acids is 1.